The van der Waals surface area contributed by atoms with Crippen molar-refractivity contribution in [3.63, 3.8) is 0 Å². The van der Waals surface area contributed by atoms with E-state index in [1.165, 1.54) is 7.11 Å². The molecule has 2 N–H and O–H groups in total. The first-order valence-electron chi connectivity index (χ1n) is 10.5. The van der Waals surface area contributed by atoms with Crippen LogP contribution in [0.4, 0.5) is 0 Å². The highest BCUT2D eigenvalue weighted by molar-refractivity contribution is 6.01. The van der Waals surface area contributed by atoms with Gasteiger partial charge >= 0.3 is 5.97 Å². The maximum absolute atomic E-state index is 12.2. The van der Waals surface area contributed by atoms with Gasteiger partial charge in [0.1, 0.15) is 0 Å². The fraction of sp³-hybridized carbons (Fsp3) is 0.739. The minimum atomic E-state index is -0.548. The SMILES string of the molecule is COC(=O)C(C)[C@H]1CC[C@H]2[C@@H]3[C@H](O)CC4=CC(=O)C=C[C@]4(C)[C@H]3C[C@H](O)[C@]12C. The molecule has 0 aliphatic heterocycles. The van der Waals surface area contributed by atoms with Crippen LogP contribution in [0.25, 0.3) is 0 Å². The Kier molecular flexibility index (Phi) is 4.63. The summed E-state index contributed by atoms with van der Waals surface area (Å²) in [5, 5.41) is 22.5. The number of methoxy groups -OCH3 is 1. The zero-order valence-corrected chi connectivity index (χ0v) is 17.2. The number of carbonyl (C=O) groups excluding carboxylic acids is 2. The first-order valence-corrected chi connectivity index (χ1v) is 10.5. The van der Waals surface area contributed by atoms with Gasteiger partial charge in [0, 0.05) is 10.8 Å². The summed E-state index contributed by atoms with van der Waals surface area (Å²) in [6, 6.07) is 0. The molecule has 4 aliphatic rings. The van der Waals surface area contributed by atoms with Crippen LogP contribution in [0.1, 0.15) is 46.5 Å². The number of carbonyl (C=O) groups is 2. The molecule has 0 amide bonds. The molecule has 0 spiro atoms. The molecule has 3 saturated carbocycles. The molecule has 0 aromatic heterocycles. The van der Waals surface area contributed by atoms with Crippen LogP contribution in [-0.4, -0.2) is 41.3 Å². The Morgan fingerprint density at radius 3 is 2.64 bits per heavy atom. The number of allylic oxidation sites excluding steroid dienone is 3. The predicted molar refractivity (Wildman–Crippen MR) is 104 cm³/mol. The highest BCUT2D eigenvalue weighted by Gasteiger charge is 2.65. The van der Waals surface area contributed by atoms with Crippen molar-refractivity contribution in [2.75, 3.05) is 7.11 Å². The Labute approximate surface area is 166 Å². The van der Waals surface area contributed by atoms with E-state index < -0.39 is 17.6 Å². The van der Waals surface area contributed by atoms with Crippen LogP contribution in [0.15, 0.2) is 23.8 Å². The van der Waals surface area contributed by atoms with E-state index in [4.69, 9.17) is 4.74 Å². The maximum Gasteiger partial charge on any atom is 0.308 e. The molecule has 4 aliphatic carbocycles. The van der Waals surface area contributed by atoms with Gasteiger partial charge in [0.2, 0.25) is 0 Å². The molecule has 5 heteroatoms. The molecule has 3 fully saturated rings. The van der Waals surface area contributed by atoms with Crippen molar-refractivity contribution >= 4 is 11.8 Å². The summed E-state index contributed by atoms with van der Waals surface area (Å²) in [7, 11) is 1.41. The maximum atomic E-state index is 12.2. The van der Waals surface area contributed by atoms with E-state index in [0.717, 1.165) is 18.4 Å². The first kappa shape index (κ1) is 19.8. The molecule has 1 unspecified atom stereocenters. The average Bonchev–Trinajstić information content (AvgIpc) is 3.01. The van der Waals surface area contributed by atoms with E-state index in [9.17, 15) is 19.8 Å². The Morgan fingerprint density at radius 1 is 1.25 bits per heavy atom. The molecule has 0 heterocycles. The van der Waals surface area contributed by atoms with Crippen molar-refractivity contribution in [2.45, 2.75) is 58.7 Å². The molecular formula is C23H32O5. The van der Waals surface area contributed by atoms with E-state index >= 15 is 0 Å². The lowest BCUT2D eigenvalue weighted by atomic mass is 9.46. The topological polar surface area (TPSA) is 83.8 Å². The number of aliphatic hydroxyl groups is 2. The van der Waals surface area contributed by atoms with E-state index in [2.05, 4.69) is 13.8 Å². The van der Waals surface area contributed by atoms with Crippen LogP contribution < -0.4 is 0 Å². The highest BCUT2D eigenvalue weighted by atomic mass is 16.5. The number of hydrogen-bond acceptors (Lipinski definition) is 5. The van der Waals surface area contributed by atoms with Crippen molar-refractivity contribution in [1.29, 1.82) is 0 Å². The first-order chi connectivity index (χ1) is 13.1. The molecule has 0 bridgehead atoms. The summed E-state index contributed by atoms with van der Waals surface area (Å²) in [5.74, 6) is -0.178. The zero-order chi connectivity index (χ0) is 20.4. The molecular weight excluding hydrogens is 356 g/mol. The number of rotatable bonds is 2. The summed E-state index contributed by atoms with van der Waals surface area (Å²) in [6.45, 7) is 6.15. The Bertz CT molecular complexity index is 754. The molecule has 4 rings (SSSR count). The standard InChI is InChI=1S/C23H32O5/c1-12(21(27)28-4)15-5-6-16-20-17(11-19(26)23(15,16)3)22(2)8-7-14(24)9-13(22)10-18(20)25/h7-9,12,15-20,25-26H,5-6,10-11H2,1-4H3/t12?,15-,16+,17+,18-,19+,20+,22+,23-/m1/s1. The van der Waals surface area contributed by atoms with Gasteiger partial charge < -0.3 is 14.9 Å². The lowest BCUT2D eigenvalue weighted by molar-refractivity contribution is -0.168. The third-order valence-electron chi connectivity index (χ3n) is 8.93. The van der Waals surface area contributed by atoms with Crippen molar-refractivity contribution in [2.24, 2.45) is 40.4 Å². The monoisotopic (exact) mass is 388 g/mol. The van der Waals surface area contributed by atoms with Gasteiger partial charge in [0.05, 0.1) is 25.2 Å². The number of fused-ring (bicyclic) bond motifs is 5. The fourth-order valence-corrected chi connectivity index (χ4v) is 7.35. The van der Waals surface area contributed by atoms with Gasteiger partial charge in [-0.25, -0.2) is 0 Å². The number of hydrogen-bond donors (Lipinski definition) is 2. The molecule has 0 radical (unpaired) electrons. The Hall–Kier alpha value is -1.46. The minimum absolute atomic E-state index is 0.0212. The van der Waals surface area contributed by atoms with Gasteiger partial charge in [-0.15, -0.1) is 0 Å². The zero-order valence-electron chi connectivity index (χ0n) is 17.2. The number of ether oxygens (including phenoxy) is 1. The minimum Gasteiger partial charge on any atom is -0.469 e. The van der Waals surface area contributed by atoms with Crippen LogP contribution in [0.5, 0.6) is 0 Å². The third kappa shape index (κ3) is 2.51. The second kappa shape index (κ2) is 6.53. The molecule has 9 atom stereocenters. The Balaban J connectivity index is 1.72. The molecule has 154 valence electrons. The van der Waals surface area contributed by atoms with Crippen molar-refractivity contribution in [3.8, 4) is 0 Å². The smallest absolute Gasteiger partial charge is 0.308 e. The summed E-state index contributed by atoms with van der Waals surface area (Å²) >= 11 is 0. The van der Waals surface area contributed by atoms with Crippen LogP contribution in [0, 0.1) is 40.4 Å². The largest absolute Gasteiger partial charge is 0.469 e. The van der Waals surface area contributed by atoms with Crippen LogP contribution in [0.2, 0.25) is 0 Å². The lowest BCUT2D eigenvalue weighted by Crippen LogP contribution is -2.60. The second-order valence-corrected chi connectivity index (χ2v) is 9.86. The second-order valence-electron chi connectivity index (χ2n) is 9.86. The number of ketones is 1. The van der Waals surface area contributed by atoms with Gasteiger partial charge in [-0.3, -0.25) is 9.59 Å². The normalized spacial score (nSPS) is 48.2. The summed E-state index contributed by atoms with van der Waals surface area (Å²) in [6.07, 6.45) is 7.08. The van der Waals surface area contributed by atoms with Gasteiger partial charge in [-0.2, -0.15) is 0 Å². The van der Waals surface area contributed by atoms with Crippen LogP contribution in [0.3, 0.4) is 0 Å². The van der Waals surface area contributed by atoms with E-state index in [-0.39, 0.29) is 46.8 Å². The van der Waals surface area contributed by atoms with E-state index in [1.54, 1.807) is 12.2 Å². The van der Waals surface area contributed by atoms with Crippen molar-refractivity contribution < 1.29 is 24.5 Å². The molecule has 0 saturated heterocycles. The van der Waals surface area contributed by atoms with Gasteiger partial charge in [0.15, 0.2) is 5.78 Å². The number of aliphatic hydroxyl groups excluding tert-OH is 2. The molecule has 0 aromatic rings. The van der Waals surface area contributed by atoms with Crippen molar-refractivity contribution in [1.82, 2.24) is 0 Å². The van der Waals surface area contributed by atoms with Crippen molar-refractivity contribution in [3.05, 3.63) is 23.8 Å². The van der Waals surface area contributed by atoms with Crippen LogP contribution >= 0.6 is 0 Å². The van der Waals surface area contributed by atoms with Gasteiger partial charge in [-0.05, 0) is 61.5 Å². The molecule has 28 heavy (non-hydrogen) atoms. The predicted octanol–water partition coefficient (Wildman–Crippen LogP) is 2.66. The van der Waals surface area contributed by atoms with Gasteiger partial charge in [-0.1, -0.05) is 32.4 Å². The third-order valence-corrected chi connectivity index (χ3v) is 8.93. The summed E-state index contributed by atoms with van der Waals surface area (Å²) in [5.41, 5.74) is 0.273. The highest BCUT2D eigenvalue weighted by Crippen LogP contribution is 2.66. The quantitative estimate of drug-likeness (QED) is 0.711. The van der Waals surface area contributed by atoms with E-state index in [1.807, 2.05) is 13.0 Å². The molecule has 0 aromatic carbocycles. The summed E-state index contributed by atoms with van der Waals surface area (Å²) in [4.78, 5) is 24.1. The fourth-order valence-electron chi connectivity index (χ4n) is 7.35. The van der Waals surface area contributed by atoms with E-state index in [0.29, 0.717) is 12.8 Å². The number of esters is 1. The van der Waals surface area contributed by atoms with Crippen LogP contribution in [-0.2, 0) is 14.3 Å². The summed E-state index contributed by atoms with van der Waals surface area (Å²) < 4.78 is 4.99. The Morgan fingerprint density at radius 2 is 1.96 bits per heavy atom. The lowest BCUT2D eigenvalue weighted by Gasteiger charge is -2.60. The average molecular weight is 389 g/mol. The molecule has 5 nitrogen and oxygen atoms in total. The van der Waals surface area contributed by atoms with Gasteiger partial charge in [0.25, 0.3) is 0 Å².